The third-order valence-electron chi connectivity index (χ3n) is 5.89. The van der Waals surface area contributed by atoms with Gasteiger partial charge in [-0.15, -0.1) is 0 Å². The Balaban J connectivity index is 1.19. The molecular weight excluding hydrogens is 439 g/mol. The Morgan fingerprint density at radius 3 is 2.54 bits per heavy atom. The van der Waals surface area contributed by atoms with Gasteiger partial charge in [-0.1, -0.05) is 48.5 Å². The highest BCUT2D eigenvalue weighted by molar-refractivity contribution is 5.84. The molecule has 0 aliphatic carbocycles. The lowest BCUT2D eigenvalue weighted by Gasteiger charge is -2.10. The summed E-state index contributed by atoms with van der Waals surface area (Å²) in [6.07, 6.45) is 0.450. The largest absolute Gasteiger partial charge is 0.487 e. The molecule has 0 spiro atoms. The summed E-state index contributed by atoms with van der Waals surface area (Å²) >= 11 is 0. The number of halogens is 1. The first-order chi connectivity index (χ1) is 17.2. The number of hydrogen-bond donors (Lipinski definition) is 0. The lowest BCUT2D eigenvalue weighted by Crippen LogP contribution is -2.01. The molecule has 4 aromatic carbocycles. The maximum atomic E-state index is 14.0. The fraction of sp³-hybridized carbons (Fsp3) is 0.133. The van der Waals surface area contributed by atoms with Crippen molar-refractivity contribution >= 4 is 21.7 Å². The van der Waals surface area contributed by atoms with E-state index in [1.54, 1.807) is 12.1 Å². The monoisotopic (exact) mass is 462 g/mol. The van der Waals surface area contributed by atoms with Crippen LogP contribution in [0.1, 0.15) is 22.4 Å². The predicted molar refractivity (Wildman–Crippen MR) is 134 cm³/mol. The summed E-state index contributed by atoms with van der Waals surface area (Å²) in [7, 11) is 0. The topological polar surface area (TPSA) is 55.1 Å². The number of nitrogens with zero attached hydrogens (tertiary/aromatic N) is 2. The average molecular weight is 463 g/mol. The molecule has 0 radical (unpaired) electrons. The van der Waals surface area contributed by atoms with Gasteiger partial charge in [-0.3, -0.25) is 0 Å². The zero-order chi connectivity index (χ0) is 24.0. The van der Waals surface area contributed by atoms with Crippen LogP contribution in [0, 0.1) is 17.1 Å². The van der Waals surface area contributed by atoms with Crippen molar-refractivity contribution in [2.45, 2.75) is 19.6 Å². The molecule has 35 heavy (non-hydrogen) atoms. The minimum atomic E-state index is -0.371. The molecule has 0 N–H and O–H groups in total. The standard InChI is InChI=1S/C30H23FN2O2/c31-29-16-21(18-32)5-8-24(29)13-14-34-19-22-6-7-23-10-12-28(17-26(23)15-22)35-20-27-11-9-25-3-1-2-4-30(25)33-27/h1-12,15-17H,13-14,19-20H2. The van der Waals surface area contributed by atoms with Crippen LogP contribution < -0.4 is 4.74 Å². The van der Waals surface area contributed by atoms with Crippen molar-refractivity contribution in [1.29, 1.82) is 5.26 Å². The van der Waals surface area contributed by atoms with E-state index in [2.05, 4.69) is 23.2 Å². The van der Waals surface area contributed by atoms with Gasteiger partial charge in [-0.05, 0) is 70.8 Å². The van der Waals surface area contributed by atoms with E-state index in [0.29, 0.717) is 37.4 Å². The number of para-hydroxylation sites is 1. The molecule has 0 amide bonds. The minimum absolute atomic E-state index is 0.320. The molecule has 172 valence electrons. The summed E-state index contributed by atoms with van der Waals surface area (Å²) in [6.45, 7) is 1.22. The summed E-state index contributed by atoms with van der Waals surface area (Å²) in [5.74, 6) is 0.409. The Labute approximate surface area is 203 Å². The van der Waals surface area contributed by atoms with Crippen molar-refractivity contribution in [3.05, 3.63) is 119 Å². The van der Waals surface area contributed by atoms with Gasteiger partial charge in [0.1, 0.15) is 18.2 Å². The van der Waals surface area contributed by atoms with Gasteiger partial charge in [-0.25, -0.2) is 9.37 Å². The Hall–Kier alpha value is -4.27. The highest BCUT2D eigenvalue weighted by atomic mass is 19.1. The number of ether oxygens (including phenoxy) is 2. The van der Waals surface area contributed by atoms with E-state index in [0.717, 1.165) is 38.7 Å². The minimum Gasteiger partial charge on any atom is -0.487 e. The second-order valence-electron chi connectivity index (χ2n) is 8.35. The van der Waals surface area contributed by atoms with Crippen LogP contribution in [0.5, 0.6) is 5.75 Å². The number of benzene rings is 4. The Bertz CT molecular complexity index is 1540. The number of nitriles is 1. The Kier molecular flexibility index (Phi) is 6.65. The molecule has 0 bridgehead atoms. The van der Waals surface area contributed by atoms with Gasteiger partial charge in [-0.2, -0.15) is 5.26 Å². The molecule has 5 heteroatoms. The number of pyridine rings is 1. The fourth-order valence-electron chi connectivity index (χ4n) is 3.99. The molecule has 0 fully saturated rings. The first-order valence-electron chi connectivity index (χ1n) is 11.4. The van der Waals surface area contributed by atoms with Gasteiger partial charge < -0.3 is 9.47 Å². The molecule has 0 saturated carbocycles. The lowest BCUT2D eigenvalue weighted by atomic mass is 10.1. The van der Waals surface area contributed by atoms with Crippen molar-refractivity contribution in [2.24, 2.45) is 0 Å². The van der Waals surface area contributed by atoms with Gasteiger partial charge in [0.15, 0.2) is 0 Å². The number of aromatic nitrogens is 1. The van der Waals surface area contributed by atoms with E-state index in [-0.39, 0.29) is 5.82 Å². The normalized spacial score (nSPS) is 11.0. The first-order valence-corrected chi connectivity index (χ1v) is 11.4. The number of hydrogen-bond acceptors (Lipinski definition) is 4. The van der Waals surface area contributed by atoms with Crippen LogP contribution in [0.25, 0.3) is 21.7 Å². The van der Waals surface area contributed by atoms with Crippen LogP contribution in [0.4, 0.5) is 4.39 Å². The van der Waals surface area contributed by atoms with E-state index in [9.17, 15) is 4.39 Å². The Morgan fingerprint density at radius 1 is 0.800 bits per heavy atom. The SMILES string of the molecule is N#Cc1ccc(CCOCc2ccc3ccc(OCc4ccc5ccccc5n4)cc3c2)c(F)c1. The highest BCUT2D eigenvalue weighted by Crippen LogP contribution is 2.24. The molecule has 0 aliphatic heterocycles. The second kappa shape index (κ2) is 10.3. The van der Waals surface area contributed by atoms with Crippen molar-refractivity contribution in [3.8, 4) is 11.8 Å². The van der Waals surface area contributed by atoms with Crippen molar-refractivity contribution in [2.75, 3.05) is 6.61 Å². The van der Waals surface area contributed by atoms with E-state index < -0.39 is 0 Å². The molecule has 5 aromatic rings. The molecule has 0 atom stereocenters. The van der Waals surface area contributed by atoms with Crippen molar-refractivity contribution < 1.29 is 13.9 Å². The van der Waals surface area contributed by atoms with E-state index >= 15 is 0 Å². The second-order valence-corrected chi connectivity index (χ2v) is 8.35. The van der Waals surface area contributed by atoms with Crippen LogP contribution in [0.3, 0.4) is 0 Å². The van der Waals surface area contributed by atoms with E-state index in [4.69, 9.17) is 14.7 Å². The first kappa shape index (κ1) is 22.5. The quantitative estimate of drug-likeness (QED) is 0.240. The van der Waals surface area contributed by atoms with Gasteiger partial charge in [0.25, 0.3) is 0 Å². The molecule has 4 nitrogen and oxygen atoms in total. The molecule has 0 saturated heterocycles. The van der Waals surface area contributed by atoms with Crippen molar-refractivity contribution in [1.82, 2.24) is 4.98 Å². The van der Waals surface area contributed by atoms with Gasteiger partial charge in [0.05, 0.1) is 36.1 Å². The van der Waals surface area contributed by atoms with Gasteiger partial charge >= 0.3 is 0 Å². The summed E-state index contributed by atoms with van der Waals surface area (Å²) < 4.78 is 25.8. The zero-order valence-corrected chi connectivity index (χ0v) is 19.1. The molecule has 0 unspecified atom stereocenters. The zero-order valence-electron chi connectivity index (χ0n) is 19.1. The van der Waals surface area contributed by atoms with Crippen LogP contribution in [0.2, 0.25) is 0 Å². The van der Waals surface area contributed by atoms with E-state index in [1.807, 2.05) is 60.7 Å². The summed E-state index contributed by atoms with van der Waals surface area (Å²) in [6, 6.07) is 30.7. The molecular formula is C30H23FN2O2. The Morgan fingerprint density at radius 2 is 1.66 bits per heavy atom. The molecule has 1 heterocycles. The molecule has 1 aromatic heterocycles. The highest BCUT2D eigenvalue weighted by Gasteiger charge is 2.05. The van der Waals surface area contributed by atoms with Crippen LogP contribution in [0.15, 0.2) is 91.0 Å². The lowest BCUT2D eigenvalue weighted by molar-refractivity contribution is 0.123. The summed E-state index contributed by atoms with van der Waals surface area (Å²) in [5.41, 5.74) is 3.74. The maximum Gasteiger partial charge on any atom is 0.130 e. The third kappa shape index (κ3) is 5.46. The number of rotatable bonds is 8. The predicted octanol–water partition coefficient (Wildman–Crippen LogP) is 6.74. The molecule has 5 rings (SSSR count). The van der Waals surface area contributed by atoms with Crippen molar-refractivity contribution in [3.63, 3.8) is 0 Å². The maximum absolute atomic E-state index is 14.0. The average Bonchev–Trinajstić information content (AvgIpc) is 2.90. The summed E-state index contributed by atoms with van der Waals surface area (Å²) in [5, 5.41) is 12.1. The van der Waals surface area contributed by atoms with Crippen LogP contribution in [-0.4, -0.2) is 11.6 Å². The fourth-order valence-corrected chi connectivity index (χ4v) is 3.99. The third-order valence-corrected chi connectivity index (χ3v) is 5.89. The smallest absolute Gasteiger partial charge is 0.130 e. The molecule has 0 aliphatic rings. The summed E-state index contributed by atoms with van der Waals surface area (Å²) in [4.78, 5) is 4.67. The van der Waals surface area contributed by atoms with Crippen LogP contribution in [-0.2, 0) is 24.4 Å². The van der Waals surface area contributed by atoms with Crippen LogP contribution >= 0.6 is 0 Å². The van der Waals surface area contributed by atoms with Gasteiger partial charge in [0, 0.05) is 5.39 Å². The van der Waals surface area contributed by atoms with Gasteiger partial charge in [0.2, 0.25) is 0 Å². The number of fused-ring (bicyclic) bond motifs is 2. The van der Waals surface area contributed by atoms with E-state index in [1.165, 1.54) is 6.07 Å².